The third kappa shape index (κ3) is 3.64. The van der Waals surface area contributed by atoms with Crippen LogP contribution in [0.2, 0.25) is 0 Å². The predicted molar refractivity (Wildman–Crippen MR) is 80.1 cm³/mol. The van der Waals surface area contributed by atoms with Crippen molar-refractivity contribution in [3.8, 4) is 5.75 Å². The van der Waals surface area contributed by atoms with Crippen LogP contribution in [-0.2, 0) is 4.79 Å². The van der Waals surface area contributed by atoms with Crippen LogP contribution in [0.25, 0.3) is 0 Å². The lowest BCUT2D eigenvalue weighted by atomic mass is 10.2. The summed E-state index contributed by atoms with van der Waals surface area (Å²) in [4.78, 5) is 13.7. The highest BCUT2D eigenvalue weighted by Crippen LogP contribution is 2.23. The van der Waals surface area contributed by atoms with E-state index in [-0.39, 0.29) is 17.7 Å². The molecule has 4 nitrogen and oxygen atoms in total. The average molecular weight is 298 g/mol. The van der Waals surface area contributed by atoms with Crippen LogP contribution in [0, 0.1) is 5.82 Å². The summed E-state index contributed by atoms with van der Waals surface area (Å²) in [5.74, 6) is 1.73. The molecular formula is C14H19FN2O2S. The maximum absolute atomic E-state index is 13.7. The number of amides is 1. The Labute approximate surface area is 122 Å². The van der Waals surface area contributed by atoms with Gasteiger partial charge in [0.2, 0.25) is 5.91 Å². The van der Waals surface area contributed by atoms with Crippen LogP contribution in [0.4, 0.5) is 10.1 Å². The fourth-order valence-electron chi connectivity index (χ4n) is 2.11. The summed E-state index contributed by atoms with van der Waals surface area (Å²) in [5, 5.41) is 3.32. The molecule has 1 aliphatic rings. The summed E-state index contributed by atoms with van der Waals surface area (Å²) in [5.41, 5.74) is 0.539. The highest BCUT2D eigenvalue weighted by atomic mass is 32.2. The number of hydrogen-bond donors (Lipinski definition) is 1. The van der Waals surface area contributed by atoms with E-state index >= 15 is 0 Å². The molecule has 0 radical (unpaired) electrons. The summed E-state index contributed by atoms with van der Waals surface area (Å²) >= 11 is 1.85. The van der Waals surface area contributed by atoms with E-state index in [0.29, 0.717) is 12.1 Å². The van der Waals surface area contributed by atoms with Crippen LogP contribution in [-0.4, -0.2) is 44.2 Å². The molecule has 1 saturated heterocycles. The van der Waals surface area contributed by atoms with Crippen LogP contribution in [0.3, 0.4) is 0 Å². The van der Waals surface area contributed by atoms with E-state index < -0.39 is 5.82 Å². The minimum absolute atomic E-state index is 0.0189. The van der Waals surface area contributed by atoms with E-state index in [1.165, 1.54) is 24.1 Å². The SMILES string of the molecule is COc1ccc(N(C)C(=O)CC2CSCCN2)cc1F. The van der Waals surface area contributed by atoms with Gasteiger partial charge >= 0.3 is 0 Å². The molecule has 0 bridgehead atoms. The molecule has 1 aromatic rings. The van der Waals surface area contributed by atoms with Crippen molar-refractivity contribution in [3.05, 3.63) is 24.0 Å². The molecule has 6 heteroatoms. The van der Waals surface area contributed by atoms with E-state index in [9.17, 15) is 9.18 Å². The Kier molecular flexibility index (Phi) is 5.25. The smallest absolute Gasteiger partial charge is 0.228 e. The van der Waals surface area contributed by atoms with Gasteiger partial charge in [0.1, 0.15) is 0 Å². The largest absolute Gasteiger partial charge is 0.494 e. The Morgan fingerprint density at radius 2 is 2.40 bits per heavy atom. The second kappa shape index (κ2) is 6.95. The number of carbonyl (C=O) groups is 1. The van der Waals surface area contributed by atoms with Gasteiger partial charge in [-0.2, -0.15) is 11.8 Å². The van der Waals surface area contributed by atoms with Crippen molar-refractivity contribution in [3.63, 3.8) is 0 Å². The molecule has 0 aromatic heterocycles. The van der Waals surface area contributed by atoms with Crippen LogP contribution < -0.4 is 15.0 Å². The summed E-state index contributed by atoms with van der Waals surface area (Å²) in [6, 6.07) is 4.73. The number of rotatable bonds is 4. The van der Waals surface area contributed by atoms with E-state index in [2.05, 4.69) is 5.32 Å². The first-order chi connectivity index (χ1) is 9.61. The Balaban J connectivity index is 2.00. The van der Waals surface area contributed by atoms with Crippen molar-refractivity contribution >= 4 is 23.4 Å². The first kappa shape index (κ1) is 15.1. The Morgan fingerprint density at radius 1 is 1.60 bits per heavy atom. The lowest BCUT2D eigenvalue weighted by Crippen LogP contribution is -2.41. The standard InChI is InChI=1S/C14H19FN2O2S/c1-17(11-3-4-13(19-2)12(15)8-11)14(18)7-10-9-20-6-5-16-10/h3-4,8,10,16H,5-7,9H2,1-2H3. The number of nitrogens with one attached hydrogen (secondary N) is 1. The summed E-state index contributed by atoms with van der Waals surface area (Å²) in [6.45, 7) is 0.934. The fraction of sp³-hybridized carbons (Fsp3) is 0.500. The minimum atomic E-state index is -0.462. The molecule has 1 fully saturated rings. The van der Waals surface area contributed by atoms with Gasteiger partial charge in [-0.15, -0.1) is 0 Å². The van der Waals surface area contributed by atoms with Crippen molar-refractivity contribution in [2.75, 3.05) is 37.1 Å². The summed E-state index contributed by atoms with van der Waals surface area (Å²) in [6.07, 6.45) is 0.428. The van der Waals surface area contributed by atoms with Gasteiger partial charge in [0.25, 0.3) is 0 Å². The topological polar surface area (TPSA) is 41.6 Å². The van der Waals surface area contributed by atoms with E-state index in [1.54, 1.807) is 13.1 Å². The normalized spacial score (nSPS) is 18.6. The van der Waals surface area contributed by atoms with E-state index in [4.69, 9.17) is 4.74 Å². The number of benzene rings is 1. The van der Waals surface area contributed by atoms with Gasteiger partial charge in [0.15, 0.2) is 11.6 Å². The second-order valence-electron chi connectivity index (χ2n) is 4.70. The molecule has 110 valence electrons. The van der Waals surface area contributed by atoms with Crippen molar-refractivity contribution in [1.82, 2.24) is 5.32 Å². The Bertz CT molecular complexity index is 478. The number of anilines is 1. The number of methoxy groups -OCH3 is 1. The van der Waals surface area contributed by atoms with Gasteiger partial charge in [-0.05, 0) is 12.1 Å². The third-order valence-electron chi connectivity index (χ3n) is 3.32. The molecule has 1 amide bonds. The highest BCUT2D eigenvalue weighted by Gasteiger charge is 2.20. The van der Waals surface area contributed by atoms with Crippen LogP contribution in [0.5, 0.6) is 5.75 Å². The quantitative estimate of drug-likeness (QED) is 0.922. The number of carbonyl (C=O) groups excluding carboxylic acids is 1. The molecule has 0 spiro atoms. The van der Waals surface area contributed by atoms with Gasteiger partial charge < -0.3 is 15.0 Å². The van der Waals surface area contributed by atoms with Crippen LogP contribution in [0.1, 0.15) is 6.42 Å². The first-order valence-corrected chi connectivity index (χ1v) is 7.68. The van der Waals surface area contributed by atoms with E-state index in [0.717, 1.165) is 18.1 Å². The number of hydrogen-bond acceptors (Lipinski definition) is 4. The highest BCUT2D eigenvalue weighted by molar-refractivity contribution is 7.99. The molecular weight excluding hydrogens is 279 g/mol. The number of ether oxygens (including phenoxy) is 1. The molecule has 1 heterocycles. The zero-order chi connectivity index (χ0) is 14.5. The molecule has 0 aliphatic carbocycles. The lowest BCUT2D eigenvalue weighted by molar-refractivity contribution is -0.118. The van der Waals surface area contributed by atoms with E-state index in [1.807, 2.05) is 11.8 Å². The third-order valence-corrected chi connectivity index (χ3v) is 4.45. The van der Waals surface area contributed by atoms with Gasteiger partial charge in [-0.25, -0.2) is 4.39 Å². The lowest BCUT2D eigenvalue weighted by Gasteiger charge is -2.25. The minimum Gasteiger partial charge on any atom is -0.494 e. The zero-order valence-corrected chi connectivity index (χ0v) is 12.5. The summed E-state index contributed by atoms with van der Waals surface area (Å²) in [7, 11) is 3.08. The Morgan fingerprint density at radius 3 is 3.00 bits per heavy atom. The zero-order valence-electron chi connectivity index (χ0n) is 11.7. The summed E-state index contributed by atoms with van der Waals surface area (Å²) < 4.78 is 18.5. The van der Waals surface area contributed by atoms with Crippen LogP contribution in [0.15, 0.2) is 18.2 Å². The molecule has 1 N–H and O–H groups in total. The Hall–Kier alpha value is -1.27. The number of halogens is 1. The van der Waals surface area contributed by atoms with Crippen molar-refractivity contribution in [2.45, 2.75) is 12.5 Å². The van der Waals surface area contributed by atoms with Gasteiger partial charge in [0.05, 0.1) is 7.11 Å². The van der Waals surface area contributed by atoms with Gasteiger partial charge in [0, 0.05) is 49.3 Å². The van der Waals surface area contributed by atoms with Crippen molar-refractivity contribution < 1.29 is 13.9 Å². The molecule has 1 atom stereocenters. The number of thioether (sulfide) groups is 1. The second-order valence-corrected chi connectivity index (χ2v) is 5.85. The monoisotopic (exact) mass is 298 g/mol. The average Bonchev–Trinajstić information content (AvgIpc) is 2.47. The maximum atomic E-state index is 13.7. The molecule has 1 unspecified atom stereocenters. The molecule has 0 saturated carbocycles. The molecule has 2 rings (SSSR count). The van der Waals surface area contributed by atoms with Crippen LogP contribution >= 0.6 is 11.8 Å². The molecule has 1 aliphatic heterocycles. The van der Waals surface area contributed by atoms with Crippen molar-refractivity contribution in [1.29, 1.82) is 0 Å². The van der Waals surface area contributed by atoms with Gasteiger partial charge in [-0.1, -0.05) is 0 Å². The molecule has 1 aromatic carbocycles. The predicted octanol–water partition coefficient (Wildman–Crippen LogP) is 1.89. The fourth-order valence-corrected chi connectivity index (χ4v) is 3.06. The van der Waals surface area contributed by atoms with Gasteiger partial charge in [-0.3, -0.25) is 4.79 Å². The molecule has 20 heavy (non-hydrogen) atoms. The maximum Gasteiger partial charge on any atom is 0.228 e. The van der Waals surface area contributed by atoms with Crippen molar-refractivity contribution in [2.24, 2.45) is 0 Å². The first-order valence-electron chi connectivity index (χ1n) is 6.53. The number of nitrogens with zero attached hydrogens (tertiary/aromatic N) is 1.